The normalized spacial score (nSPS) is 20.1. The van der Waals surface area contributed by atoms with Gasteiger partial charge in [0.25, 0.3) is 5.91 Å². The highest BCUT2D eigenvalue weighted by Crippen LogP contribution is 2.30. The molecule has 2 unspecified atom stereocenters. The maximum Gasteiger partial charge on any atom is 0.256 e. The lowest BCUT2D eigenvalue weighted by atomic mass is 10.1. The summed E-state index contributed by atoms with van der Waals surface area (Å²) in [5.74, 6) is -0.0740. The van der Waals surface area contributed by atoms with Crippen molar-refractivity contribution in [2.45, 2.75) is 18.3 Å². The average molecular weight is 612 g/mol. The second kappa shape index (κ2) is 14.7. The van der Waals surface area contributed by atoms with Crippen LogP contribution in [0.5, 0.6) is 0 Å². The number of methoxy groups -OCH3 is 1. The van der Waals surface area contributed by atoms with E-state index < -0.39 is 6.10 Å². The zero-order chi connectivity index (χ0) is 27.8. The molecule has 0 saturated carbocycles. The minimum Gasteiger partial charge on any atom is -0.371 e. The highest BCUT2D eigenvalue weighted by Gasteiger charge is 2.31. The second-order valence-electron chi connectivity index (χ2n) is 9.14. The van der Waals surface area contributed by atoms with Crippen LogP contribution in [0.3, 0.4) is 0 Å². The topological polar surface area (TPSA) is 60.0 Å². The van der Waals surface area contributed by atoms with Crippen molar-refractivity contribution in [1.29, 1.82) is 0 Å². The highest BCUT2D eigenvalue weighted by atomic mass is 35.5. The lowest BCUT2D eigenvalue weighted by Crippen LogP contribution is -2.44. The van der Waals surface area contributed by atoms with Crippen molar-refractivity contribution >= 4 is 52.3 Å². The molecule has 5 rings (SSSR count). The summed E-state index contributed by atoms with van der Waals surface area (Å²) >= 11 is 24.0. The number of benzene rings is 3. The fourth-order valence-corrected chi connectivity index (χ4v) is 5.61. The summed E-state index contributed by atoms with van der Waals surface area (Å²) in [6.07, 6.45) is -0.815. The van der Waals surface area contributed by atoms with Crippen LogP contribution < -0.4 is 5.32 Å². The Balaban J connectivity index is 0.000000212. The average Bonchev–Trinajstić information content (AvgIpc) is 2.94. The number of nitrogens with one attached hydrogen (secondary N) is 1. The van der Waals surface area contributed by atoms with E-state index in [0.29, 0.717) is 39.8 Å². The van der Waals surface area contributed by atoms with Crippen molar-refractivity contribution in [2.24, 2.45) is 0 Å². The van der Waals surface area contributed by atoms with Crippen LogP contribution in [-0.4, -0.2) is 57.3 Å². The van der Waals surface area contributed by atoms with Gasteiger partial charge in [0.1, 0.15) is 6.10 Å². The molecule has 0 spiro atoms. The number of carbonyl (C=O) groups is 1. The standard InChI is InChI=1S/C19H19Cl2NO3.C10H11Cl2NO/c1-24-18(13-5-3-2-4-6-13)19(23)22-7-8-25-17(12-22)14-9-15(20)11-16(21)10-14;11-8-3-7(4-9(12)5-8)10-6-13-1-2-14-10/h2-6,9-11,17-18H,7-8,12H2,1H3;3-5,10,13H,1-2,6H2/t17?,18-;/m1./s1. The summed E-state index contributed by atoms with van der Waals surface area (Å²) in [7, 11) is 1.55. The summed E-state index contributed by atoms with van der Waals surface area (Å²) in [5.41, 5.74) is 2.74. The molecule has 3 aromatic carbocycles. The third-order valence-electron chi connectivity index (χ3n) is 6.38. The Bertz CT molecular complexity index is 1200. The number of carbonyl (C=O) groups excluding carboxylic acids is 1. The molecule has 1 amide bonds. The first-order valence-electron chi connectivity index (χ1n) is 12.6. The van der Waals surface area contributed by atoms with E-state index in [-0.39, 0.29) is 18.1 Å². The van der Waals surface area contributed by atoms with Gasteiger partial charge < -0.3 is 24.4 Å². The summed E-state index contributed by atoms with van der Waals surface area (Å²) in [6.45, 7) is 3.86. The zero-order valence-corrected chi connectivity index (χ0v) is 24.4. The van der Waals surface area contributed by atoms with E-state index in [4.69, 9.17) is 60.6 Å². The molecule has 0 aliphatic carbocycles. The summed E-state index contributed by atoms with van der Waals surface area (Å²) in [5, 5.41) is 5.67. The Morgan fingerprint density at radius 3 is 1.97 bits per heavy atom. The van der Waals surface area contributed by atoms with Gasteiger partial charge in [-0.05, 0) is 53.1 Å². The molecule has 208 valence electrons. The second-order valence-corrected chi connectivity index (χ2v) is 10.9. The number of morpholine rings is 2. The van der Waals surface area contributed by atoms with E-state index in [2.05, 4.69) is 5.32 Å². The van der Waals surface area contributed by atoms with Gasteiger partial charge in [0.2, 0.25) is 0 Å². The van der Waals surface area contributed by atoms with Crippen LogP contribution in [0.25, 0.3) is 0 Å². The van der Waals surface area contributed by atoms with E-state index in [1.54, 1.807) is 24.1 Å². The highest BCUT2D eigenvalue weighted by molar-refractivity contribution is 6.35. The molecule has 10 heteroatoms. The van der Waals surface area contributed by atoms with Gasteiger partial charge in [-0.2, -0.15) is 0 Å². The number of halogens is 4. The van der Waals surface area contributed by atoms with Crippen molar-refractivity contribution in [3.8, 4) is 0 Å². The fraction of sp³-hybridized carbons (Fsp3) is 0.345. The summed E-state index contributed by atoms with van der Waals surface area (Å²) in [6, 6.07) is 20.3. The molecule has 6 nitrogen and oxygen atoms in total. The smallest absolute Gasteiger partial charge is 0.256 e. The molecular formula is C29H30Cl4N2O4. The summed E-state index contributed by atoms with van der Waals surface area (Å²) in [4.78, 5) is 14.7. The zero-order valence-electron chi connectivity index (χ0n) is 21.4. The summed E-state index contributed by atoms with van der Waals surface area (Å²) < 4.78 is 16.9. The minimum absolute atomic E-state index is 0.0694. The Kier molecular flexibility index (Phi) is 11.3. The van der Waals surface area contributed by atoms with Gasteiger partial charge in [0, 0.05) is 46.8 Å². The number of nitrogens with zero attached hydrogens (tertiary/aromatic N) is 1. The van der Waals surface area contributed by atoms with Gasteiger partial charge >= 0.3 is 0 Å². The van der Waals surface area contributed by atoms with Gasteiger partial charge in [0.15, 0.2) is 6.10 Å². The van der Waals surface area contributed by atoms with Gasteiger partial charge in [-0.25, -0.2) is 0 Å². The predicted octanol–water partition coefficient (Wildman–Crippen LogP) is 6.94. The van der Waals surface area contributed by atoms with Gasteiger partial charge in [-0.1, -0.05) is 76.7 Å². The third-order valence-corrected chi connectivity index (χ3v) is 7.25. The van der Waals surface area contributed by atoms with Crippen LogP contribution in [0.1, 0.15) is 35.0 Å². The molecule has 2 aliphatic rings. The van der Waals surface area contributed by atoms with Crippen LogP contribution in [-0.2, 0) is 19.0 Å². The van der Waals surface area contributed by atoms with Crippen LogP contribution in [0.15, 0.2) is 66.7 Å². The Morgan fingerprint density at radius 2 is 1.44 bits per heavy atom. The Morgan fingerprint density at radius 1 is 0.872 bits per heavy atom. The van der Waals surface area contributed by atoms with Crippen molar-refractivity contribution in [3.63, 3.8) is 0 Å². The fourth-order valence-electron chi connectivity index (χ4n) is 4.53. The van der Waals surface area contributed by atoms with Crippen molar-refractivity contribution in [3.05, 3.63) is 104 Å². The molecule has 3 atom stereocenters. The SMILES string of the molecule is CO[C@@H](C(=O)N1CCOC(c2cc(Cl)cc(Cl)c2)C1)c1ccccc1.Clc1cc(Cl)cc(C2CNCCO2)c1. The number of hydrogen-bond donors (Lipinski definition) is 1. The van der Waals surface area contributed by atoms with E-state index >= 15 is 0 Å². The van der Waals surface area contributed by atoms with Crippen LogP contribution >= 0.6 is 46.4 Å². The molecule has 0 bridgehead atoms. The molecule has 1 N–H and O–H groups in total. The molecule has 2 aliphatic heterocycles. The minimum atomic E-state index is -0.622. The van der Waals surface area contributed by atoms with Crippen LogP contribution in [0.4, 0.5) is 0 Å². The lowest BCUT2D eigenvalue weighted by molar-refractivity contribution is -0.150. The first-order valence-corrected chi connectivity index (χ1v) is 14.1. The van der Waals surface area contributed by atoms with Gasteiger partial charge in [-0.15, -0.1) is 0 Å². The quantitative estimate of drug-likeness (QED) is 0.339. The predicted molar refractivity (Wildman–Crippen MR) is 156 cm³/mol. The number of amides is 1. The molecule has 2 heterocycles. The molecule has 0 aromatic heterocycles. The largest absolute Gasteiger partial charge is 0.371 e. The van der Waals surface area contributed by atoms with E-state index in [9.17, 15) is 4.79 Å². The first-order chi connectivity index (χ1) is 18.8. The van der Waals surface area contributed by atoms with E-state index in [1.807, 2.05) is 54.6 Å². The number of rotatable bonds is 5. The lowest BCUT2D eigenvalue weighted by Gasteiger charge is -2.35. The van der Waals surface area contributed by atoms with Crippen molar-refractivity contribution < 1.29 is 19.0 Å². The maximum atomic E-state index is 12.9. The maximum absolute atomic E-state index is 12.9. The van der Waals surface area contributed by atoms with E-state index in [0.717, 1.165) is 36.4 Å². The molecule has 2 fully saturated rings. The Labute approximate surface area is 249 Å². The van der Waals surface area contributed by atoms with E-state index in [1.165, 1.54) is 0 Å². The van der Waals surface area contributed by atoms with Crippen LogP contribution in [0.2, 0.25) is 20.1 Å². The van der Waals surface area contributed by atoms with Crippen LogP contribution in [0, 0.1) is 0 Å². The first kappa shape index (κ1) is 30.1. The van der Waals surface area contributed by atoms with Crippen molar-refractivity contribution in [1.82, 2.24) is 10.2 Å². The molecule has 3 aromatic rings. The molecular weight excluding hydrogens is 582 g/mol. The number of hydrogen-bond acceptors (Lipinski definition) is 5. The molecule has 39 heavy (non-hydrogen) atoms. The number of ether oxygens (including phenoxy) is 3. The van der Waals surface area contributed by atoms with Gasteiger partial charge in [0.05, 0.1) is 25.9 Å². The monoisotopic (exact) mass is 610 g/mol. The molecule has 2 saturated heterocycles. The molecule has 0 radical (unpaired) electrons. The van der Waals surface area contributed by atoms with Crippen molar-refractivity contribution in [2.75, 3.05) is 46.5 Å². The third kappa shape index (κ3) is 8.56. The Hall–Kier alpha value is -1.87. The van der Waals surface area contributed by atoms with Gasteiger partial charge in [-0.3, -0.25) is 4.79 Å².